The molecule has 4 aromatic carbocycles. The Bertz CT molecular complexity index is 2380. The minimum Gasteiger partial charge on any atom is -0.491 e. The molecule has 0 atom stereocenters. The molecule has 0 bridgehead atoms. The minimum absolute atomic E-state index is 0.0508. The number of nitro benzene ring substituents is 1. The molecule has 1 aliphatic rings. The van der Waals surface area contributed by atoms with Crippen LogP contribution in [0.1, 0.15) is 35.1 Å². The quantitative estimate of drug-likeness (QED) is 0.113. The van der Waals surface area contributed by atoms with Crippen molar-refractivity contribution in [1.29, 1.82) is 0 Å². The predicted octanol–water partition coefficient (Wildman–Crippen LogP) is 5.97. The highest BCUT2D eigenvalue weighted by Gasteiger charge is 2.36. The Morgan fingerprint density at radius 3 is 2.37 bits per heavy atom. The number of nitro groups is 1. The number of sulfonamides is 1. The summed E-state index contributed by atoms with van der Waals surface area (Å²) in [5, 5.41) is 32.6. The van der Waals surface area contributed by atoms with Gasteiger partial charge >= 0.3 is 5.97 Å². The van der Waals surface area contributed by atoms with E-state index in [9.17, 15) is 42.0 Å². The lowest BCUT2D eigenvalue weighted by molar-refractivity contribution is -0.387. The summed E-state index contributed by atoms with van der Waals surface area (Å²) in [6.45, 7) is 3.52. The number of aliphatic hydroxyl groups is 1. The molecular formula is C37H36N2O11S2. The fraction of sp³-hybridized carbons (Fsp3) is 0.270. The highest BCUT2D eigenvalue weighted by Crippen LogP contribution is 2.36. The summed E-state index contributed by atoms with van der Waals surface area (Å²) in [7, 11) is -7.70. The Labute approximate surface area is 300 Å². The van der Waals surface area contributed by atoms with Crippen LogP contribution in [0.5, 0.6) is 5.75 Å². The smallest absolute Gasteiger partial charge is 0.307 e. The number of aryl methyl sites for hydroxylation is 2. The molecule has 13 nitrogen and oxygen atoms in total. The molecule has 0 unspecified atom stereocenters. The fourth-order valence-corrected chi connectivity index (χ4v) is 9.71. The van der Waals surface area contributed by atoms with Crippen LogP contribution in [0.15, 0.2) is 94.4 Å². The van der Waals surface area contributed by atoms with Crippen molar-refractivity contribution >= 4 is 48.2 Å². The van der Waals surface area contributed by atoms with Gasteiger partial charge < -0.3 is 19.4 Å². The molecule has 0 spiro atoms. The number of anilines is 1. The van der Waals surface area contributed by atoms with E-state index in [0.717, 1.165) is 32.6 Å². The Morgan fingerprint density at radius 1 is 1.00 bits per heavy atom. The largest absolute Gasteiger partial charge is 0.491 e. The average molecular weight is 749 g/mol. The third-order valence-electron chi connectivity index (χ3n) is 9.21. The van der Waals surface area contributed by atoms with Crippen LogP contribution in [-0.2, 0) is 37.6 Å². The van der Waals surface area contributed by atoms with Gasteiger partial charge in [-0.3, -0.25) is 19.2 Å². The molecule has 0 aliphatic carbocycles. The van der Waals surface area contributed by atoms with Crippen molar-refractivity contribution in [2.75, 3.05) is 22.4 Å². The first-order valence-corrected chi connectivity index (χ1v) is 19.6. The lowest BCUT2D eigenvalue weighted by Crippen LogP contribution is -2.43. The lowest BCUT2D eigenvalue weighted by atomic mass is 9.94. The standard InChI is InChI=1S/C37H36N2O11S2/c1-24-16-30(50-23-37(42)12-14-51(45,46)15-13-37)17-25(2)36(24)27-7-5-6-26(18-27)21-38(52(47,48)34-9-4-3-8-32(34)39(43)44)29-10-11-31-28(19-35(40)41)22-49-33(31)20-29/h3-11,16-18,20,22,42H,12-15,19,21,23H2,1-2H3,(H,40,41). The SMILES string of the molecule is Cc1cc(OCC2(O)CCS(=O)(=O)CC2)cc(C)c1-c1cccc(CN(c2ccc3c(CC(=O)O)coc3c2)S(=O)(=O)c2ccccc2[N+](=O)[O-])c1. The van der Waals surface area contributed by atoms with Gasteiger partial charge in [0.15, 0.2) is 14.7 Å². The summed E-state index contributed by atoms with van der Waals surface area (Å²) in [6, 6.07) is 20.5. The number of aliphatic carboxylic acids is 1. The highest BCUT2D eigenvalue weighted by molar-refractivity contribution is 7.93. The van der Waals surface area contributed by atoms with Gasteiger partial charge in [-0.05, 0) is 90.9 Å². The van der Waals surface area contributed by atoms with Gasteiger partial charge in [-0.15, -0.1) is 0 Å². The summed E-state index contributed by atoms with van der Waals surface area (Å²) in [4.78, 5) is 22.0. The normalized spacial score (nSPS) is 15.3. The van der Waals surface area contributed by atoms with E-state index in [-0.39, 0.29) is 55.2 Å². The van der Waals surface area contributed by atoms with Crippen LogP contribution in [0, 0.1) is 24.0 Å². The second kappa shape index (κ2) is 14.1. The van der Waals surface area contributed by atoms with Crippen molar-refractivity contribution in [3.63, 3.8) is 0 Å². The second-order valence-corrected chi connectivity index (χ2v) is 17.2. The molecule has 272 valence electrons. The number of para-hydroxylation sites is 1. The number of hydrogen-bond acceptors (Lipinski definition) is 10. The number of carbonyl (C=O) groups is 1. The van der Waals surface area contributed by atoms with Gasteiger partial charge in [0, 0.05) is 23.1 Å². The van der Waals surface area contributed by atoms with E-state index >= 15 is 0 Å². The zero-order chi connectivity index (χ0) is 37.4. The number of fused-ring (bicyclic) bond motifs is 1. The number of benzene rings is 4. The molecule has 6 rings (SSSR count). The van der Waals surface area contributed by atoms with Gasteiger partial charge in [-0.1, -0.05) is 30.3 Å². The maximum atomic E-state index is 14.3. The summed E-state index contributed by atoms with van der Waals surface area (Å²) in [5.74, 6) is -0.727. The number of nitrogens with zero attached hydrogens (tertiary/aromatic N) is 2. The zero-order valence-corrected chi connectivity index (χ0v) is 29.9. The fourth-order valence-electron chi connectivity index (χ4n) is 6.52. The number of hydrogen-bond donors (Lipinski definition) is 2. The summed E-state index contributed by atoms with van der Waals surface area (Å²) < 4.78 is 64.9. The minimum atomic E-state index is -4.55. The predicted molar refractivity (Wildman–Crippen MR) is 194 cm³/mol. The van der Waals surface area contributed by atoms with E-state index in [1.807, 2.05) is 38.1 Å². The number of rotatable bonds is 12. The summed E-state index contributed by atoms with van der Waals surface area (Å²) in [6.07, 6.45) is 1.21. The Kier molecular flexibility index (Phi) is 9.87. The van der Waals surface area contributed by atoms with E-state index in [2.05, 4.69) is 0 Å². The van der Waals surface area contributed by atoms with Crippen LogP contribution in [0.4, 0.5) is 11.4 Å². The topological polar surface area (TPSA) is 195 Å². The van der Waals surface area contributed by atoms with Crippen LogP contribution in [0.3, 0.4) is 0 Å². The van der Waals surface area contributed by atoms with Crippen molar-refractivity contribution in [3.05, 3.63) is 117 Å². The van der Waals surface area contributed by atoms with E-state index in [0.29, 0.717) is 22.3 Å². The van der Waals surface area contributed by atoms with E-state index in [1.165, 1.54) is 36.6 Å². The van der Waals surface area contributed by atoms with Crippen LogP contribution in [0.25, 0.3) is 22.1 Å². The molecule has 0 amide bonds. The summed E-state index contributed by atoms with van der Waals surface area (Å²) >= 11 is 0. The Hall–Kier alpha value is -5.25. The zero-order valence-electron chi connectivity index (χ0n) is 28.3. The van der Waals surface area contributed by atoms with Gasteiger partial charge in [0.1, 0.15) is 23.5 Å². The third kappa shape index (κ3) is 7.66. The molecule has 1 aliphatic heterocycles. The molecule has 1 fully saturated rings. The number of sulfone groups is 1. The highest BCUT2D eigenvalue weighted by atomic mass is 32.2. The molecule has 0 radical (unpaired) electrons. The van der Waals surface area contributed by atoms with Crippen molar-refractivity contribution in [1.82, 2.24) is 0 Å². The van der Waals surface area contributed by atoms with Crippen molar-refractivity contribution in [3.8, 4) is 16.9 Å². The maximum absolute atomic E-state index is 14.3. The Morgan fingerprint density at radius 2 is 1.69 bits per heavy atom. The molecule has 1 saturated heterocycles. The maximum Gasteiger partial charge on any atom is 0.307 e. The number of furan rings is 1. The first-order chi connectivity index (χ1) is 24.5. The number of carboxylic acids is 1. The molecule has 0 saturated carbocycles. The van der Waals surface area contributed by atoms with Crippen LogP contribution < -0.4 is 9.04 Å². The number of carboxylic acid groups (broad SMARTS) is 1. The molecular weight excluding hydrogens is 713 g/mol. The number of ether oxygens (including phenoxy) is 1. The second-order valence-electron chi connectivity index (χ2n) is 13.0. The first kappa shape index (κ1) is 36.5. The van der Waals surface area contributed by atoms with Crippen molar-refractivity contribution in [2.24, 2.45) is 0 Å². The monoisotopic (exact) mass is 748 g/mol. The summed E-state index contributed by atoms with van der Waals surface area (Å²) in [5.41, 5.74) is 2.89. The Balaban J connectivity index is 1.34. The van der Waals surface area contributed by atoms with Gasteiger partial charge in [-0.25, -0.2) is 16.8 Å². The molecule has 5 aromatic rings. The van der Waals surface area contributed by atoms with Gasteiger partial charge in [0.05, 0.1) is 41.3 Å². The van der Waals surface area contributed by atoms with Crippen LogP contribution in [0.2, 0.25) is 0 Å². The molecule has 52 heavy (non-hydrogen) atoms. The molecule has 1 aromatic heterocycles. The van der Waals surface area contributed by atoms with Crippen molar-refractivity contribution in [2.45, 2.75) is 50.2 Å². The first-order valence-electron chi connectivity index (χ1n) is 16.3. The van der Waals surface area contributed by atoms with Crippen LogP contribution in [-0.4, -0.2) is 61.7 Å². The molecule has 2 N–H and O–H groups in total. The molecule has 15 heteroatoms. The van der Waals surface area contributed by atoms with Gasteiger partial charge in [0.25, 0.3) is 15.7 Å². The van der Waals surface area contributed by atoms with Gasteiger partial charge in [-0.2, -0.15) is 0 Å². The third-order valence-corrected chi connectivity index (χ3v) is 12.7. The lowest BCUT2D eigenvalue weighted by Gasteiger charge is -2.31. The average Bonchev–Trinajstić information content (AvgIpc) is 3.49. The van der Waals surface area contributed by atoms with Gasteiger partial charge in [0.2, 0.25) is 0 Å². The van der Waals surface area contributed by atoms with Crippen LogP contribution >= 0.6 is 0 Å². The van der Waals surface area contributed by atoms with E-state index in [1.54, 1.807) is 18.2 Å². The van der Waals surface area contributed by atoms with E-state index < -0.39 is 46.9 Å². The molecule has 2 heterocycles. The van der Waals surface area contributed by atoms with Crippen molar-refractivity contribution < 1.29 is 45.9 Å². The van der Waals surface area contributed by atoms with E-state index in [4.69, 9.17) is 9.15 Å².